The summed E-state index contributed by atoms with van der Waals surface area (Å²) in [5.74, 6) is 0.794. The van der Waals surface area contributed by atoms with E-state index in [0.29, 0.717) is 35.9 Å². The van der Waals surface area contributed by atoms with Gasteiger partial charge in [-0.2, -0.15) is 0 Å². The van der Waals surface area contributed by atoms with Crippen molar-refractivity contribution in [2.24, 2.45) is 0 Å². The van der Waals surface area contributed by atoms with E-state index in [4.69, 9.17) is 26.4 Å². The zero-order valence-electron chi connectivity index (χ0n) is 22.4. The van der Waals surface area contributed by atoms with Crippen LogP contribution in [-0.2, 0) is 0 Å². The molecule has 0 saturated carbocycles. The van der Waals surface area contributed by atoms with E-state index < -0.39 is 5.91 Å². The van der Waals surface area contributed by atoms with E-state index in [1.807, 2.05) is 60.4 Å². The highest BCUT2D eigenvalue weighted by Gasteiger charge is 2.22. The van der Waals surface area contributed by atoms with Crippen LogP contribution >= 0.6 is 12.2 Å². The van der Waals surface area contributed by atoms with Crippen molar-refractivity contribution in [1.82, 2.24) is 10.2 Å². The lowest BCUT2D eigenvalue weighted by atomic mass is 10.1. The number of rotatable bonds is 7. The Kier molecular flexibility index (Phi) is 8.88. The second-order valence-electron chi connectivity index (χ2n) is 9.01. The van der Waals surface area contributed by atoms with Crippen molar-refractivity contribution in [3.63, 3.8) is 0 Å². The van der Waals surface area contributed by atoms with Gasteiger partial charge in [0.15, 0.2) is 16.6 Å². The first-order valence-electron chi connectivity index (χ1n) is 12.5. The molecule has 0 bridgehead atoms. The number of carbonyl (C=O) groups is 2. The molecular weight excluding hydrogens is 516 g/mol. The summed E-state index contributed by atoms with van der Waals surface area (Å²) in [7, 11) is 4.47. The average Bonchev–Trinajstić information content (AvgIpc) is 2.96. The van der Waals surface area contributed by atoms with Crippen LogP contribution in [0.1, 0.15) is 26.3 Å². The van der Waals surface area contributed by atoms with Gasteiger partial charge in [0.25, 0.3) is 11.8 Å². The van der Waals surface area contributed by atoms with Crippen molar-refractivity contribution < 1.29 is 23.8 Å². The Labute approximate surface area is 233 Å². The Hall–Kier alpha value is -4.31. The summed E-state index contributed by atoms with van der Waals surface area (Å²) in [5.41, 5.74) is 3.95. The Bertz CT molecular complexity index is 1310. The van der Waals surface area contributed by atoms with E-state index >= 15 is 0 Å². The number of benzene rings is 3. The molecule has 0 atom stereocenters. The standard InChI is InChI=1S/C29H32N4O5S/c1-19-5-7-20(8-6-19)28(35)33-15-13-32(14-16-33)23-11-9-22(10-12-23)30-29(39)31-27(34)21-17-24(36-2)26(38-4)25(18-21)37-3/h5-12,17-18H,13-16H2,1-4H3,(H2,30,31,34,39). The van der Waals surface area contributed by atoms with Gasteiger partial charge in [0, 0.05) is 48.7 Å². The summed E-state index contributed by atoms with van der Waals surface area (Å²) < 4.78 is 15.9. The molecule has 39 heavy (non-hydrogen) atoms. The van der Waals surface area contributed by atoms with Gasteiger partial charge >= 0.3 is 0 Å². The summed E-state index contributed by atoms with van der Waals surface area (Å²) in [6.07, 6.45) is 0. The molecule has 1 fully saturated rings. The fourth-order valence-electron chi connectivity index (χ4n) is 4.35. The number of anilines is 2. The lowest BCUT2D eigenvalue weighted by Gasteiger charge is -2.36. The number of carbonyl (C=O) groups excluding carboxylic acids is 2. The summed E-state index contributed by atoms with van der Waals surface area (Å²) >= 11 is 5.35. The molecule has 0 radical (unpaired) electrons. The second-order valence-corrected chi connectivity index (χ2v) is 9.42. The summed E-state index contributed by atoms with van der Waals surface area (Å²) in [5, 5.41) is 5.87. The molecule has 204 valence electrons. The lowest BCUT2D eigenvalue weighted by molar-refractivity contribution is 0.0746. The molecule has 3 aromatic carbocycles. The fourth-order valence-corrected chi connectivity index (χ4v) is 4.56. The number of piperazine rings is 1. The van der Waals surface area contributed by atoms with Crippen molar-refractivity contribution in [1.29, 1.82) is 0 Å². The smallest absolute Gasteiger partial charge is 0.257 e. The van der Waals surface area contributed by atoms with Crippen molar-refractivity contribution in [2.75, 3.05) is 57.7 Å². The van der Waals surface area contributed by atoms with Crippen LogP contribution in [0.25, 0.3) is 0 Å². The molecule has 2 amide bonds. The summed E-state index contributed by atoms with van der Waals surface area (Å²) in [6.45, 7) is 4.81. The van der Waals surface area contributed by atoms with Crippen molar-refractivity contribution in [2.45, 2.75) is 6.92 Å². The Morgan fingerprint density at radius 2 is 1.38 bits per heavy atom. The van der Waals surface area contributed by atoms with Gasteiger partial charge in [-0.3, -0.25) is 14.9 Å². The van der Waals surface area contributed by atoms with Gasteiger partial charge in [-0.25, -0.2) is 0 Å². The Morgan fingerprint density at radius 3 is 1.92 bits per heavy atom. The molecule has 4 rings (SSSR count). The highest BCUT2D eigenvalue weighted by molar-refractivity contribution is 7.80. The number of amides is 2. The van der Waals surface area contributed by atoms with Crippen LogP contribution in [0.15, 0.2) is 60.7 Å². The van der Waals surface area contributed by atoms with Gasteiger partial charge in [-0.05, 0) is 67.7 Å². The molecule has 0 spiro atoms. The molecule has 1 aliphatic heterocycles. The third kappa shape index (κ3) is 6.58. The molecule has 2 N–H and O–H groups in total. The van der Waals surface area contributed by atoms with E-state index in [2.05, 4.69) is 15.5 Å². The zero-order chi connectivity index (χ0) is 27.9. The topological polar surface area (TPSA) is 92.4 Å². The van der Waals surface area contributed by atoms with E-state index in [9.17, 15) is 9.59 Å². The van der Waals surface area contributed by atoms with Gasteiger partial charge < -0.3 is 29.3 Å². The number of thiocarbonyl (C=S) groups is 1. The number of nitrogens with one attached hydrogen (secondary N) is 2. The number of hydrogen-bond acceptors (Lipinski definition) is 7. The van der Waals surface area contributed by atoms with Crippen LogP contribution in [0.3, 0.4) is 0 Å². The number of hydrogen-bond donors (Lipinski definition) is 2. The first kappa shape index (κ1) is 27.7. The van der Waals surface area contributed by atoms with Crippen LogP contribution in [-0.4, -0.2) is 69.3 Å². The van der Waals surface area contributed by atoms with Crippen molar-refractivity contribution >= 4 is 40.5 Å². The molecule has 0 aliphatic carbocycles. The largest absolute Gasteiger partial charge is 0.493 e. The molecule has 0 unspecified atom stereocenters. The van der Waals surface area contributed by atoms with E-state index in [-0.39, 0.29) is 11.0 Å². The van der Waals surface area contributed by atoms with Gasteiger partial charge in [-0.15, -0.1) is 0 Å². The maximum absolute atomic E-state index is 12.8. The van der Waals surface area contributed by atoms with Gasteiger partial charge in [0.05, 0.1) is 21.3 Å². The quantitative estimate of drug-likeness (QED) is 0.427. The normalized spacial score (nSPS) is 12.9. The highest BCUT2D eigenvalue weighted by Crippen LogP contribution is 2.38. The third-order valence-corrected chi connectivity index (χ3v) is 6.71. The van der Waals surface area contributed by atoms with E-state index in [1.54, 1.807) is 12.1 Å². The number of nitrogens with zero attached hydrogens (tertiary/aromatic N) is 2. The summed E-state index contributed by atoms with van der Waals surface area (Å²) in [4.78, 5) is 29.7. The Morgan fingerprint density at radius 1 is 0.795 bits per heavy atom. The minimum Gasteiger partial charge on any atom is -0.493 e. The SMILES string of the molecule is COc1cc(C(=O)NC(=S)Nc2ccc(N3CCN(C(=O)c4ccc(C)cc4)CC3)cc2)cc(OC)c1OC. The minimum absolute atomic E-state index is 0.0660. The predicted octanol–water partition coefficient (Wildman–Crippen LogP) is 4.11. The predicted molar refractivity (Wildman–Crippen MR) is 156 cm³/mol. The van der Waals surface area contributed by atoms with Gasteiger partial charge in [0.1, 0.15) is 0 Å². The van der Waals surface area contributed by atoms with Gasteiger partial charge in [-0.1, -0.05) is 17.7 Å². The van der Waals surface area contributed by atoms with E-state index in [0.717, 1.165) is 35.6 Å². The molecule has 10 heteroatoms. The van der Waals surface area contributed by atoms with Crippen molar-refractivity contribution in [3.8, 4) is 17.2 Å². The van der Waals surface area contributed by atoms with Crippen molar-refractivity contribution in [3.05, 3.63) is 77.4 Å². The van der Waals surface area contributed by atoms with Crippen LogP contribution in [0.2, 0.25) is 0 Å². The molecule has 0 aromatic heterocycles. The first-order valence-corrected chi connectivity index (χ1v) is 12.9. The maximum atomic E-state index is 12.8. The lowest BCUT2D eigenvalue weighted by Crippen LogP contribution is -2.48. The molecule has 3 aromatic rings. The van der Waals surface area contributed by atoms with Crippen LogP contribution in [0, 0.1) is 6.92 Å². The molecule has 9 nitrogen and oxygen atoms in total. The number of ether oxygens (including phenoxy) is 3. The highest BCUT2D eigenvalue weighted by atomic mass is 32.1. The monoisotopic (exact) mass is 548 g/mol. The molecule has 1 saturated heterocycles. The summed E-state index contributed by atoms with van der Waals surface area (Å²) in [6, 6.07) is 18.6. The average molecular weight is 549 g/mol. The second kappa shape index (κ2) is 12.5. The molecular formula is C29H32N4O5S. The number of methoxy groups -OCH3 is 3. The molecule has 1 aliphatic rings. The van der Waals surface area contributed by atoms with Crippen LogP contribution in [0.5, 0.6) is 17.2 Å². The molecule has 1 heterocycles. The third-order valence-electron chi connectivity index (χ3n) is 6.51. The zero-order valence-corrected chi connectivity index (χ0v) is 23.3. The first-order chi connectivity index (χ1) is 18.8. The number of aryl methyl sites for hydroxylation is 1. The Balaban J connectivity index is 1.31. The van der Waals surface area contributed by atoms with Gasteiger partial charge in [0.2, 0.25) is 5.75 Å². The maximum Gasteiger partial charge on any atom is 0.257 e. The van der Waals surface area contributed by atoms with Crippen LogP contribution in [0.4, 0.5) is 11.4 Å². The van der Waals surface area contributed by atoms with Crippen LogP contribution < -0.4 is 29.7 Å². The fraction of sp³-hybridized carbons (Fsp3) is 0.276. The van der Waals surface area contributed by atoms with E-state index in [1.165, 1.54) is 21.3 Å². The minimum atomic E-state index is -0.415.